The summed E-state index contributed by atoms with van der Waals surface area (Å²) in [7, 11) is 0. The Morgan fingerprint density at radius 1 is 0.397 bits per heavy atom. The van der Waals surface area contributed by atoms with Gasteiger partial charge >= 0.3 is 11.9 Å². The molecule has 53 heteroatoms. The molecule has 40 N–H and O–H groups in total. The number of unbranched alkanes of at least 4 members (excludes halogenated alkanes) is 1. The van der Waals surface area contributed by atoms with Crippen molar-refractivity contribution in [1.29, 1.82) is 16.2 Å². The Kier molecular flexibility index (Phi) is 47.8. The molecule has 14 amide bonds. The van der Waals surface area contributed by atoms with Crippen LogP contribution >= 0.6 is 0 Å². The highest BCUT2D eigenvalue weighted by Crippen LogP contribution is 2.22. The molecule has 141 heavy (non-hydrogen) atoms. The topological polar surface area (TPSA) is 894 Å². The second-order valence-corrected chi connectivity index (χ2v) is 33.3. The van der Waals surface area contributed by atoms with Crippen LogP contribution in [-0.4, -0.2) is 316 Å². The number of nitrogens with zero attached hydrogens (tertiary/aromatic N) is 2. The van der Waals surface area contributed by atoms with Gasteiger partial charge in [-0.25, -0.2) is 14.8 Å². The van der Waals surface area contributed by atoms with Crippen LogP contribution in [0.3, 0.4) is 0 Å². The molecule has 770 valence electrons. The minimum absolute atomic E-state index is 0.0307. The summed E-state index contributed by atoms with van der Waals surface area (Å²) in [5.41, 5.74) is 30.2. The van der Waals surface area contributed by atoms with Crippen LogP contribution in [0.5, 0.6) is 5.75 Å². The van der Waals surface area contributed by atoms with E-state index in [-0.39, 0.29) is 120 Å². The standard InChI is InChI=1S/C88H130N30O23/c1-4-45(2)69(117-79(134)64(35-51-39-98-44-104-51)114-84(139)70(46(3)122)118-80(135)63(34-50-38-97-43-103-50)112-76(131)61(32-48-23-25-52(123)26-24-48)110-82(137)66(41-120)115-71(126)54(90)40-119)83(138)107-56(19-10-11-27-89)72(127)111-62(33-49-37-102-55-18-9-8-17-53(49)55)77(132)106-57(20-12-28-99-86(91)92)73(128)113-65(36-68(124)125)78(133)109-60(31-47-15-6-5-7-16-47)75(130)105-58(21-13-29-100-87(93)94)74(129)116-67(42-121)81(136)108-59(85(140)141)22-14-30-101-88(95)96/h5-9,15-18,23-26,37-39,43-46,54,56-67,69-70,102,119-123H,4,10-14,19-22,27-36,40-42,89-90H2,1-3H3,(H,97,103)(H,98,104)(H,105,130)(H,106,132)(H,107,138)(H,108,136)(H,109,133)(H,110,137)(H,111,127)(H,112,131)(H,113,128)(H,114,139)(H,115,126)(H,116,129)(H,117,134)(H,118,135)(H,124,125)(H,140,141)(H4,91,92,99)(H4,93,94,100)(H4,95,96,101)/t45-,46+,54-,56-,57-,58-,59-,60-,61-,62-,63-,64-,65-,66-,67-,69-,70-/m0/s1. The number of carboxylic acid groups (broad SMARTS) is 2. The number of nitrogens with one attached hydrogen (secondary N) is 23. The van der Waals surface area contributed by atoms with Crippen molar-refractivity contribution >= 4 is 123 Å². The first-order valence-corrected chi connectivity index (χ1v) is 45.4. The molecule has 0 radical (unpaired) electrons. The molecule has 0 saturated carbocycles. The van der Waals surface area contributed by atoms with Gasteiger partial charge in [-0.2, -0.15) is 0 Å². The zero-order chi connectivity index (χ0) is 104. The Morgan fingerprint density at radius 2 is 0.759 bits per heavy atom. The maximum atomic E-state index is 15.4. The molecule has 3 heterocycles. The average molecular weight is 1980 g/mol. The van der Waals surface area contributed by atoms with Crippen molar-refractivity contribution < 1.29 is 112 Å². The van der Waals surface area contributed by atoms with Crippen LogP contribution in [0.15, 0.2) is 110 Å². The monoisotopic (exact) mass is 1970 g/mol. The van der Waals surface area contributed by atoms with Gasteiger partial charge in [-0.3, -0.25) is 88.1 Å². The molecular weight excluding hydrogens is 1850 g/mol. The van der Waals surface area contributed by atoms with Crippen molar-refractivity contribution in [1.82, 2.24) is 115 Å². The number of carbonyl (C=O) groups is 16. The number of carbonyl (C=O) groups excluding carboxylic acids is 14. The van der Waals surface area contributed by atoms with Crippen molar-refractivity contribution in [2.45, 2.75) is 220 Å². The number of aliphatic hydroxyl groups is 4. The number of hydrogen-bond donors (Lipinski definition) is 35. The van der Waals surface area contributed by atoms with Crippen LogP contribution in [0.4, 0.5) is 0 Å². The van der Waals surface area contributed by atoms with Gasteiger partial charge in [-0.05, 0) is 112 Å². The van der Waals surface area contributed by atoms with E-state index in [1.807, 2.05) is 0 Å². The minimum Gasteiger partial charge on any atom is -0.508 e. The Labute approximate surface area is 808 Å². The number of para-hydroxylation sites is 1. The predicted octanol–water partition coefficient (Wildman–Crippen LogP) is -9.17. The highest BCUT2D eigenvalue weighted by Gasteiger charge is 2.41. The second-order valence-electron chi connectivity index (χ2n) is 33.3. The smallest absolute Gasteiger partial charge is 0.326 e. The summed E-state index contributed by atoms with van der Waals surface area (Å²) in [6.45, 7) is 1.38. The molecule has 0 bridgehead atoms. The van der Waals surface area contributed by atoms with E-state index in [9.17, 15) is 88.5 Å². The molecule has 17 atom stereocenters. The first-order chi connectivity index (χ1) is 67.1. The van der Waals surface area contributed by atoms with Gasteiger partial charge in [-0.15, -0.1) is 0 Å². The average Bonchev–Trinajstić information content (AvgIpc) is 1.69. The number of nitrogens with two attached hydrogens (primary N) is 5. The molecule has 3 aromatic heterocycles. The third-order valence-corrected chi connectivity index (χ3v) is 22.3. The number of aromatic amines is 3. The molecule has 0 aliphatic carbocycles. The zero-order valence-electron chi connectivity index (χ0n) is 77.9. The number of aliphatic carboxylic acids is 2. The summed E-state index contributed by atoms with van der Waals surface area (Å²) in [5, 5.41) is 137. The lowest BCUT2D eigenvalue weighted by Crippen LogP contribution is -2.63. The lowest BCUT2D eigenvalue weighted by molar-refractivity contribution is -0.143. The van der Waals surface area contributed by atoms with Crippen LogP contribution in [0.25, 0.3) is 10.9 Å². The third-order valence-electron chi connectivity index (χ3n) is 22.3. The summed E-state index contributed by atoms with van der Waals surface area (Å²) >= 11 is 0. The van der Waals surface area contributed by atoms with Gasteiger partial charge in [0.2, 0.25) is 82.7 Å². The Hall–Kier alpha value is -15.5. The SMILES string of the molecule is CC[C@H](C)[C@H](NC(=O)[C@H](Cc1cnc[nH]1)NC(=O)[C@@H](NC(=O)[C@H](Cc1cnc[nH]1)NC(=O)[C@H](Cc1ccc(O)cc1)NC(=O)[C@H](CO)NC(=O)[C@@H](N)CO)[C@@H](C)O)C(=O)N[C@@H](CCCCN)C(=O)N[C@@H](Cc1c[nH]c2ccccc12)C(=O)N[C@@H](CCCNC(=N)N)C(=O)N[C@@H](CC(=O)O)C(=O)N[C@@H](Cc1ccccc1)C(=O)N[C@@H](CCCNC(=N)N)C(=O)N[C@@H](CO)C(=O)N[C@@H](CCCNC(=N)N)C(=O)O. The third kappa shape index (κ3) is 39.1. The van der Waals surface area contributed by atoms with Gasteiger partial charge in [-0.1, -0.05) is 80.9 Å². The maximum Gasteiger partial charge on any atom is 0.326 e. The second kappa shape index (κ2) is 58.9. The van der Waals surface area contributed by atoms with E-state index in [1.165, 1.54) is 49.3 Å². The molecule has 3 aromatic carbocycles. The molecule has 0 unspecified atom stereocenters. The number of aromatic nitrogens is 5. The van der Waals surface area contributed by atoms with Gasteiger partial charge in [0, 0.05) is 92.6 Å². The molecular formula is C88H130N30O23. The molecule has 53 nitrogen and oxygen atoms in total. The molecule has 0 aliphatic rings. The van der Waals surface area contributed by atoms with Gasteiger partial charge in [0.05, 0.1) is 45.0 Å². The summed E-state index contributed by atoms with van der Waals surface area (Å²) in [6, 6.07) is -5.70. The van der Waals surface area contributed by atoms with Gasteiger partial charge in [0.25, 0.3) is 0 Å². The van der Waals surface area contributed by atoms with E-state index in [0.717, 1.165) is 6.92 Å². The van der Waals surface area contributed by atoms with Crippen molar-refractivity contribution in [3.63, 3.8) is 0 Å². The number of aromatic hydroxyl groups is 1. The number of fused-ring (bicyclic) bond motifs is 1. The zero-order valence-corrected chi connectivity index (χ0v) is 77.9. The number of imidazole rings is 2. The van der Waals surface area contributed by atoms with Crippen LogP contribution in [0, 0.1) is 22.1 Å². The van der Waals surface area contributed by atoms with Gasteiger partial charge in [0.1, 0.15) is 96.4 Å². The van der Waals surface area contributed by atoms with Crippen molar-refractivity contribution in [3.05, 3.63) is 138 Å². The highest BCUT2D eigenvalue weighted by molar-refractivity contribution is 6.02. The van der Waals surface area contributed by atoms with E-state index in [1.54, 1.807) is 74.6 Å². The van der Waals surface area contributed by atoms with Gasteiger partial charge < -0.3 is 170 Å². The van der Waals surface area contributed by atoms with E-state index in [2.05, 4.69) is 115 Å². The fourth-order valence-corrected chi connectivity index (χ4v) is 14.4. The Bertz CT molecular complexity index is 5170. The van der Waals surface area contributed by atoms with Crippen LogP contribution < -0.4 is 119 Å². The molecule has 0 fully saturated rings. The number of amides is 14. The maximum absolute atomic E-state index is 15.4. The van der Waals surface area contributed by atoms with Crippen LogP contribution in [0.2, 0.25) is 0 Å². The fraction of sp³-hybridized carbons (Fsp3) is 0.489. The van der Waals surface area contributed by atoms with E-state index in [4.69, 9.17) is 44.9 Å². The normalized spacial score (nSPS) is 14.7. The van der Waals surface area contributed by atoms with Crippen LogP contribution in [-0.2, 0) is 109 Å². The molecule has 0 saturated heterocycles. The largest absolute Gasteiger partial charge is 0.508 e. The number of hydrogen-bond acceptors (Lipinski definition) is 28. The Balaban J connectivity index is 1.29. The summed E-state index contributed by atoms with van der Waals surface area (Å²) in [4.78, 5) is 246. The number of benzene rings is 3. The number of phenols is 1. The number of guanidine groups is 3. The molecule has 6 aromatic rings. The Morgan fingerprint density at radius 3 is 1.19 bits per heavy atom. The number of H-pyrrole nitrogens is 3. The number of carboxylic acids is 2. The number of phenolic OH excluding ortho intramolecular Hbond substituents is 1. The fourth-order valence-electron chi connectivity index (χ4n) is 14.4. The first-order valence-electron chi connectivity index (χ1n) is 45.4. The number of aliphatic hydroxyl groups excluding tert-OH is 4. The van der Waals surface area contributed by atoms with E-state index < -0.39 is 261 Å². The molecule has 0 spiro atoms. The van der Waals surface area contributed by atoms with Crippen molar-refractivity contribution in [2.24, 2.45) is 34.6 Å². The van der Waals surface area contributed by atoms with Crippen molar-refractivity contribution in [3.8, 4) is 5.75 Å². The summed E-state index contributed by atoms with van der Waals surface area (Å²) in [5.74, 6) is -21.1. The first kappa shape index (κ1) is 114. The minimum atomic E-state index is -2.11. The van der Waals surface area contributed by atoms with E-state index >= 15 is 24.0 Å². The van der Waals surface area contributed by atoms with Crippen molar-refractivity contribution in [2.75, 3.05) is 46.0 Å². The van der Waals surface area contributed by atoms with Gasteiger partial charge in [0.15, 0.2) is 17.9 Å². The number of rotatable bonds is 63. The molecule has 0 aliphatic heterocycles. The summed E-state index contributed by atoms with van der Waals surface area (Å²) in [6.07, 6.45) is 1.26. The lowest BCUT2D eigenvalue weighted by Gasteiger charge is -2.30. The lowest BCUT2D eigenvalue weighted by atomic mass is 9.96. The quantitative estimate of drug-likeness (QED) is 0.00958. The van der Waals surface area contributed by atoms with Crippen LogP contribution in [0.1, 0.15) is 119 Å². The highest BCUT2D eigenvalue weighted by atomic mass is 16.4. The predicted molar refractivity (Wildman–Crippen MR) is 506 cm³/mol. The molecule has 6 rings (SSSR count). The summed E-state index contributed by atoms with van der Waals surface area (Å²) < 4.78 is 0. The van der Waals surface area contributed by atoms with E-state index in [0.29, 0.717) is 27.6 Å².